The quantitative estimate of drug-likeness (QED) is 0.274. The summed E-state index contributed by atoms with van der Waals surface area (Å²) in [7, 11) is 2.96. The highest BCUT2D eigenvalue weighted by Gasteiger charge is 2.25. The van der Waals surface area contributed by atoms with Gasteiger partial charge in [0.2, 0.25) is 0 Å². The predicted molar refractivity (Wildman–Crippen MR) is 166 cm³/mol. The van der Waals surface area contributed by atoms with E-state index in [1.807, 2.05) is 42.5 Å². The van der Waals surface area contributed by atoms with Crippen molar-refractivity contribution in [2.45, 2.75) is 51.4 Å². The number of fused-ring (bicyclic) bond motifs is 1. The van der Waals surface area contributed by atoms with E-state index in [2.05, 4.69) is 29.4 Å². The first-order valence-electron chi connectivity index (χ1n) is 14.8. The lowest BCUT2D eigenvalue weighted by Crippen LogP contribution is -2.54. The number of benzene rings is 3. The fourth-order valence-electron chi connectivity index (χ4n) is 6.12. The molecule has 6 rings (SSSR count). The number of ether oxygens (including phenoxy) is 3. The number of methoxy groups -OCH3 is 2. The van der Waals surface area contributed by atoms with Crippen LogP contribution in [0.5, 0.6) is 11.5 Å². The summed E-state index contributed by atoms with van der Waals surface area (Å²) in [6.07, 6.45) is 2.50. The van der Waals surface area contributed by atoms with Crippen LogP contribution in [0.2, 0.25) is 0 Å². The molecule has 43 heavy (non-hydrogen) atoms. The number of halogens is 1. The van der Waals surface area contributed by atoms with Gasteiger partial charge in [-0.3, -0.25) is 4.79 Å². The zero-order valence-corrected chi connectivity index (χ0v) is 25.0. The van der Waals surface area contributed by atoms with Crippen molar-refractivity contribution in [3.05, 3.63) is 66.0 Å². The van der Waals surface area contributed by atoms with Crippen LogP contribution in [0, 0.1) is 5.82 Å². The highest BCUT2D eigenvalue weighted by Crippen LogP contribution is 2.38. The Balaban J connectivity index is 1.32. The Morgan fingerprint density at radius 1 is 1.02 bits per heavy atom. The molecule has 10 heteroatoms. The fraction of sp³-hybridized carbons (Fsp3) is 0.394. The Morgan fingerprint density at radius 2 is 1.79 bits per heavy atom. The molecule has 3 atom stereocenters. The molecule has 0 saturated carbocycles. The Hall–Kier alpha value is -4.15. The van der Waals surface area contributed by atoms with Crippen LogP contribution in [0.1, 0.15) is 49.7 Å². The lowest BCUT2D eigenvalue weighted by atomic mass is 10.0. The number of anilines is 2. The second kappa shape index (κ2) is 12.2. The van der Waals surface area contributed by atoms with Crippen LogP contribution in [0.4, 0.5) is 15.9 Å². The van der Waals surface area contributed by atoms with Gasteiger partial charge in [-0.1, -0.05) is 6.07 Å². The molecule has 0 aliphatic carbocycles. The van der Waals surface area contributed by atoms with E-state index in [1.54, 1.807) is 10.7 Å². The second-order valence-electron chi connectivity index (χ2n) is 11.4. The van der Waals surface area contributed by atoms with E-state index in [0.29, 0.717) is 46.9 Å². The van der Waals surface area contributed by atoms with Crippen LogP contribution in [0.15, 0.2) is 54.6 Å². The number of hydrogen-bond acceptors (Lipinski definition) is 7. The van der Waals surface area contributed by atoms with Crippen LogP contribution in [-0.4, -0.2) is 61.7 Å². The minimum absolute atomic E-state index is 0.0958. The monoisotopic (exact) mass is 587 g/mol. The summed E-state index contributed by atoms with van der Waals surface area (Å²) in [6, 6.07) is 17.2. The number of nitrogens with zero attached hydrogens (tertiary/aromatic N) is 3. The molecule has 1 unspecified atom stereocenters. The SMILES string of the molecule is COc1cc(OC)c(F)c(-c2ccc3c(NC(=O)c4ccc(N5C[C@@H](C)N[C@@H](C)C5)cc4)nn(C4CCCCO4)c3c2)c1. The zero-order chi connectivity index (χ0) is 30.1. The summed E-state index contributed by atoms with van der Waals surface area (Å²) >= 11 is 0. The summed E-state index contributed by atoms with van der Waals surface area (Å²) in [4.78, 5) is 15.8. The molecule has 2 fully saturated rings. The Kier molecular flexibility index (Phi) is 8.23. The van der Waals surface area contributed by atoms with Gasteiger partial charge in [-0.15, -0.1) is 0 Å². The lowest BCUT2D eigenvalue weighted by molar-refractivity contribution is -0.0365. The molecule has 1 amide bonds. The minimum atomic E-state index is -0.482. The molecule has 226 valence electrons. The summed E-state index contributed by atoms with van der Waals surface area (Å²) in [5.74, 6) is 0.274. The van der Waals surface area contributed by atoms with Crippen molar-refractivity contribution in [3.8, 4) is 22.6 Å². The van der Waals surface area contributed by atoms with Gasteiger partial charge in [0, 0.05) is 60.0 Å². The third kappa shape index (κ3) is 5.89. The number of nitrogens with one attached hydrogen (secondary N) is 2. The molecule has 3 heterocycles. The van der Waals surface area contributed by atoms with E-state index in [4.69, 9.17) is 19.3 Å². The molecule has 2 saturated heterocycles. The maximum atomic E-state index is 15.4. The smallest absolute Gasteiger partial charge is 0.256 e. The molecule has 0 spiro atoms. The summed E-state index contributed by atoms with van der Waals surface area (Å²) in [5, 5.41) is 12.1. The normalized spacial score (nSPS) is 20.7. The highest BCUT2D eigenvalue weighted by atomic mass is 19.1. The van der Waals surface area contributed by atoms with Crippen molar-refractivity contribution < 1.29 is 23.4 Å². The highest BCUT2D eigenvalue weighted by molar-refractivity contribution is 6.08. The molecule has 2 aliphatic heterocycles. The topological polar surface area (TPSA) is 89.9 Å². The van der Waals surface area contributed by atoms with E-state index in [9.17, 15) is 4.79 Å². The van der Waals surface area contributed by atoms with Gasteiger partial charge in [0.05, 0.1) is 19.7 Å². The van der Waals surface area contributed by atoms with E-state index in [1.165, 1.54) is 20.3 Å². The van der Waals surface area contributed by atoms with E-state index < -0.39 is 5.82 Å². The number of aromatic nitrogens is 2. The Bertz CT molecular complexity index is 1610. The van der Waals surface area contributed by atoms with Crippen molar-refractivity contribution >= 4 is 28.3 Å². The zero-order valence-electron chi connectivity index (χ0n) is 25.0. The Labute approximate surface area is 250 Å². The molecular formula is C33H38FN5O4. The van der Waals surface area contributed by atoms with Crippen molar-refractivity contribution in [2.24, 2.45) is 0 Å². The number of hydrogen-bond donors (Lipinski definition) is 2. The molecule has 1 aromatic heterocycles. The van der Waals surface area contributed by atoms with E-state index in [-0.39, 0.29) is 17.9 Å². The first kappa shape index (κ1) is 28.9. The first-order chi connectivity index (χ1) is 20.8. The molecular weight excluding hydrogens is 549 g/mol. The number of piperazine rings is 1. The van der Waals surface area contributed by atoms with Crippen LogP contribution in [0.25, 0.3) is 22.0 Å². The fourth-order valence-corrected chi connectivity index (χ4v) is 6.12. The van der Waals surface area contributed by atoms with Crippen LogP contribution in [0.3, 0.4) is 0 Å². The Morgan fingerprint density at radius 3 is 2.47 bits per heavy atom. The number of carbonyl (C=O) groups excluding carboxylic acids is 1. The van der Waals surface area contributed by atoms with E-state index in [0.717, 1.165) is 48.9 Å². The molecule has 0 bridgehead atoms. The van der Waals surface area contributed by atoms with Crippen molar-refractivity contribution in [2.75, 3.05) is 44.1 Å². The third-order valence-corrected chi connectivity index (χ3v) is 8.20. The molecule has 2 N–H and O–H groups in total. The summed E-state index contributed by atoms with van der Waals surface area (Å²) in [6.45, 7) is 6.82. The van der Waals surface area contributed by atoms with Gasteiger partial charge in [-0.05, 0) is 81.1 Å². The number of rotatable bonds is 7. The predicted octanol–water partition coefficient (Wildman–Crippen LogP) is 6.00. The maximum Gasteiger partial charge on any atom is 0.256 e. The number of carbonyl (C=O) groups is 1. The lowest BCUT2D eigenvalue weighted by Gasteiger charge is -2.37. The summed E-state index contributed by atoms with van der Waals surface area (Å²) in [5.41, 5.74) is 3.34. The molecule has 2 aliphatic rings. The molecule has 9 nitrogen and oxygen atoms in total. The van der Waals surface area contributed by atoms with Crippen LogP contribution in [-0.2, 0) is 4.74 Å². The second-order valence-corrected chi connectivity index (χ2v) is 11.4. The van der Waals surface area contributed by atoms with Crippen LogP contribution >= 0.6 is 0 Å². The van der Waals surface area contributed by atoms with Crippen molar-refractivity contribution in [3.63, 3.8) is 0 Å². The average Bonchev–Trinajstić information content (AvgIpc) is 3.38. The van der Waals surface area contributed by atoms with Gasteiger partial charge < -0.3 is 29.7 Å². The molecule has 0 radical (unpaired) electrons. The maximum absolute atomic E-state index is 15.4. The largest absolute Gasteiger partial charge is 0.497 e. The minimum Gasteiger partial charge on any atom is -0.497 e. The third-order valence-electron chi connectivity index (χ3n) is 8.20. The summed E-state index contributed by atoms with van der Waals surface area (Å²) < 4.78 is 33.9. The van der Waals surface area contributed by atoms with Gasteiger partial charge in [0.1, 0.15) is 5.75 Å². The van der Waals surface area contributed by atoms with Crippen LogP contribution < -0.4 is 25.0 Å². The standard InChI is InChI=1S/C33H38FN5O4/c1-20-18-38(19-21(2)35-20)24-11-8-22(9-12-24)33(40)36-32-26-13-10-23(27-16-25(41-3)17-29(42-4)31(27)34)15-28(26)39(37-32)30-7-5-6-14-43-30/h8-13,15-17,20-21,30,35H,5-7,14,18-19H2,1-4H3,(H,36,37,40)/t20-,21+,30?. The van der Waals surface area contributed by atoms with Crippen molar-refractivity contribution in [1.82, 2.24) is 15.1 Å². The first-order valence-corrected chi connectivity index (χ1v) is 14.8. The molecule has 3 aromatic carbocycles. The van der Waals surface area contributed by atoms with Gasteiger partial charge in [-0.25, -0.2) is 9.07 Å². The van der Waals surface area contributed by atoms with Gasteiger partial charge in [-0.2, -0.15) is 5.10 Å². The van der Waals surface area contributed by atoms with E-state index >= 15 is 4.39 Å². The molecule has 4 aromatic rings. The van der Waals surface area contributed by atoms with Gasteiger partial charge >= 0.3 is 0 Å². The van der Waals surface area contributed by atoms with Gasteiger partial charge in [0.15, 0.2) is 23.6 Å². The number of amides is 1. The average molecular weight is 588 g/mol. The van der Waals surface area contributed by atoms with Crippen molar-refractivity contribution in [1.29, 1.82) is 0 Å². The van der Waals surface area contributed by atoms with Gasteiger partial charge in [0.25, 0.3) is 5.91 Å².